The van der Waals surface area contributed by atoms with E-state index in [9.17, 15) is 9.18 Å². The number of aryl methyl sites for hydroxylation is 1. The van der Waals surface area contributed by atoms with Crippen LogP contribution in [0.2, 0.25) is 0 Å². The molecule has 0 bridgehead atoms. The minimum absolute atomic E-state index is 0.0791. The second-order valence-corrected chi connectivity index (χ2v) is 5.39. The van der Waals surface area contributed by atoms with E-state index in [0.717, 1.165) is 18.4 Å². The average molecular weight is 274 g/mol. The monoisotopic (exact) mass is 274 g/mol. The van der Waals surface area contributed by atoms with Crippen LogP contribution in [0.1, 0.15) is 36.6 Å². The molecule has 1 aromatic carbocycles. The summed E-state index contributed by atoms with van der Waals surface area (Å²) in [6, 6.07) is 6.43. The third kappa shape index (κ3) is 2.61. The lowest BCUT2D eigenvalue weighted by Gasteiger charge is -2.14. The van der Waals surface area contributed by atoms with Gasteiger partial charge in [0, 0.05) is 18.8 Å². The molecule has 1 saturated carbocycles. The Bertz CT molecular complexity index is 630. The van der Waals surface area contributed by atoms with Crippen molar-refractivity contribution >= 4 is 5.78 Å². The third-order valence-electron chi connectivity index (χ3n) is 3.76. The van der Waals surface area contributed by atoms with Gasteiger partial charge < -0.3 is 4.42 Å². The third-order valence-corrected chi connectivity index (χ3v) is 3.76. The van der Waals surface area contributed by atoms with Gasteiger partial charge in [0.05, 0.1) is 6.42 Å². The molecular formula is C15H15FN2O2. The molecule has 3 rings (SSSR count). The topological polar surface area (TPSA) is 56.0 Å². The molecule has 5 heteroatoms. The van der Waals surface area contributed by atoms with Gasteiger partial charge in [0.2, 0.25) is 11.8 Å². The fourth-order valence-electron chi connectivity index (χ4n) is 2.54. The number of rotatable bonds is 5. The van der Waals surface area contributed by atoms with Crippen molar-refractivity contribution in [3.05, 3.63) is 47.4 Å². The van der Waals surface area contributed by atoms with Crippen molar-refractivity contribution in [1.29, 1.82) is 0 Å². The first kappa shape index (κ1) is 13.0. The standard InChI is InChI=1S/C15H15FN2O2/c1-10-17-18-14(20-10)8-13(19)9-15(6-7-15)11-2-4-12(16)5-3-11/h2-5H,6-9H2,1H3. The molecule has 1 aliphatic rings. The van der Waals surface area contributed by atoms with Gasteiger partial charge in [-0.05, 0) is 30.5 Å². The molecule has 0 spiro atoms. The lowest BCUT2D eigenvalue weighted by Crippen LogP contribution is -2.15. The summed E-state index contributed by atoms with van der Waals surface area (Å²) in [5, 5.41) is 7.54. The summed E-state index contributed by atoms with van der Waals surface area (Å²) in [6.07, 6.45) is 2.55. The first-order chi connectivity index (χ1) is 9.57. The molecule has 0 aliphatic heterocycles. The van der Waals surface area contributed by atoms with Crippen LogP contribution >= 0.6 is 0 Å². The van der Waals surface area contributed by atoms with Gasteiger partial charge in [-0.3, -0.25) is 4.79 Å². The Morgan fingerprint density at radius 2 is 2.00 bits per heavy atom. The van der Waals surface area contributed by atoms with Gasteiger partial charge in [0.1, 0.15) is 11.6 Å². The largest absolute Gasteiger partial charge is 0.425 e. The highest BCUT2D eigenvalue weighted by Crippen LogP contribution is 2.51. The van der Waals surface area contributed by atoms with Crippen LogP contribution in [-0.4, -0.2) is 16.0 Å². The lowest BCUT2D eigenvalue weighted by atomic mass is 9.90. The number of halogens is 1. The van der Waals surface area contributed by atoms with Gasteiger partial charge in [-0.2, -0.15) is 0 Å². The van der Waals surface area contributed by atoms with E-state index >= 15 is 0 Å². The molecule has 104 valence electrons. The summed E-state index contributed by atoms with van der Waals surface area (Å²) in [4.78, 5) is 12.1. The quantitative estimate of drug-likeness (QED) is 0.841. The molecule has 1 fully saturated rings. The number of ketones is 1. The molecule has 1 aromatic heterocycles. The summed E-state index contributed by atoms with van der Waals surface area (Å²) < 4.78 is 18.2. The molecule has 0 unspecified atom stereocenters. The summed E-state index contributed by atoms with van der Waals surface area (Å²) in [5.74, 6) is 0.655. The fourth-order valence-corrected chi connectivity index (χ4v) is 2.54. The number of nitrogens with zero attached hydrogens (tertiary/aromatic N) is 2. The van der Waals surface area contributed by atoms with Crippen molar-refractivity contribution in [2.24, 2.45) is 0 Å². The molecule has 1 aliphatic carbocycles. The van der Waals surface area contributed by atoms with Crippen LogP contribution < -0.4 is 0 Å². The lowest BCUT2D eigenvalue weighted by molar-refractivity contribution is -0.119. The van der Waals surface area contributed by atoms with Crippen LogP contribution in [0, 0.1) is 12.7 Å². The fraction of sp³-hybridized carbons (Fsp3) is 0.400. The first-order valence-electron chi connectivity index (χ1n) is 6.64. The average Bonchev–Trinajstić information content (AvgIpc) is 3.06. The van der Waals surface area contributed by atoms with Gasteiger partial charge in [-0.1, -0.05) is 12.1 Å². The Morgan fingerprint density at radius 1 is 1.30 bits per heavy atom. The second kappa shape index (κ2) is 4.81. The normalized spacial score (nSPS) is 16.1. The summed E-state index contributed by atoms with van der Waals surface area (Å²) in [5.41, 5.74) is 0.925. The number of aromatic nitrogens is 2. The number of hydrogen-bond donors (Lipinski definition) is 0. The highest BCUT2D eigenvalue weighted by molar-refractivity contribution is 5.82. The Hall–Kier alpha value is -2.04. The minimum atomic E-state index is -0.253. The summed E-state index contributed by atoms with van der Waals surface area (Å²) in [6.45, 7) is 1.70. The van der Waals surface area contributed by atoms with Crippen molar-refractivity contribution in [1.82, 2.24) is 10.2 Å². The Balaban J connectivity index is 1.67. The van der Waals surface area contributed by atoms with E-state index in [1.165, 1.54) is 12.1 Å². The number of carbonyl (C=O) groups excluding carboxylic acids is 1. The van der Waals surface area contributed by atoms with E-state index in [-0.39, 0.29) is 23.4 Å². The molecule has 4 nitrogen and oxygen atoms in total. The number of carbonyl (C=O) groups is 1. The minimum Gasteiger partial charge on any atom is -0.425 e. The van der Waals surface area contributed by atoms with Gasteiger partial charge in [0.25, 0.3) is 0 Å². The molecule has 1 heterocycles. The number of benzene rings is 1. The Morgan fingerprint density at radius 3 is 2.55 bits per heavy atom. The molecule has 0 amide bonds. The van der Waals surface area contributed by atoms with Crippen molar-refractivity contribution in [3.8, 4) is 0 Å². The molecule has 0 radical (unpaired) electrons. The van der Waals surface area contributed by atoms with Crippen LogP contribution in [0.3, 0.4) is 0 Å². The smallest absolute Gasteiger partial charge is 0.223 e. The predicted molar refractivity (Wildman–Crippen MR) is 69.7 cm³/mol. The molecule has 0 atom stereocenters. The van der Waals surface area contributed by atoms with E-state index in [1.807, 2.05) is 0 Å². The Labute approximate surface area is 116 Å². The van der Waals surface area contributed by atoms with Gasteiger partial charge in [-0.15, -0.1) is 10.2 Å². The van der Waals surface area contributed by atoms with Crippen LogP contribution in [0.25, 0.3) is 0 Å². The zero-order valence-corrected chi connectivity index (χ0v) is 11.2. The zero-order valence-electron chi connectivity index (χ0n) is 11.2. The summed E-state index contributed by atoms with van der Waals surface area (Å²) >= 11 is 0. The molecule has 20 heavy (non-hydrogen) atoms. The SMILES string of the molecule is Cc1nnc(CC(=O)CC2(c3ccc(F)cc3)CC2)o1. The molecule has 2 aromatic rings. The zero-order chi connectivity index (χ0) is 14.2. The first-order valence-corrected chi connectivity index (χ1v) is 6.64. The highest BCUT2D eigenvalue weighted by Gasteiger charge is 2.45. The van der Waals surface area contributed by atoms with Crippen LogP contribution in [-0.2, 0) is 16.6 Å². The number of Topliss-reactive ketones (excluding diaryl/α,β-unsaturated/α-hetero) is 1. The van der Waals surface area contributed by atoms with Crippen LogP contribution in [0.15, 0.2) is 28.7 Å². The maximum absolute atomic E-state index is 13.0. The maximum Gasteiger partial charge on any atom is 0.223 e. The van der Waals surface area contributed by atoms with Crippen molar-refractivity contribution in [3.63, 3.8) is 0 Å². The Kier molecular flexibility index (Phi) is 3.12. The predicted octanol–water partition coefficient (Wildman–Crippen LogP) is 2.75. The van der Waals surface area contributed by atoms with Gasteiger partial charge in [0.15, 0.2) is 0 Å². The summed E-state index contributed by atoms with van der Waals surface area (Å²) in [7, 11) is 0. The maximum atomic E-state index is 13.0. The van der Waals surface area contributed by atoms with Gasteiger partial charge >= 0.3 is 0 Å². The van der Waals surface area contributed by atoms with Crippen LogP contribution in [0.4, 0.5) is 4.39 Å². The number of hydrogen-bond acceptors (Lipinski definition) is 4. The van der Waals surface area contributed by atoms with Crippen molar-refractivity contribution in [2.45, 2.75) is 38.0 Å². The van der Waals surface area contributed by atoms with Gasteiger partial charge in [-0.25, -0.2) is 4.39 Å². The molecular weight excluding hydrogens is 259 g/mol. The van der Waals surface area contributed by atoms with E-state index in [4.69, 9.17) is 4.42 Å². The van der Waals surface area contributed by atoms with Crippen molar-refractivity contribution < 1.29 is 13.6 Å². The molecule has 0 saturated heterocycles. The second-order valence-electron chi connectivity index (χ2n) is 5.39. The molecule has 0 N–H and O–H groups in total. The highest BCUT2D eigenvalue weighted by atomic mass is 19.1. The van der Waals surface area contributed by atoms with E-state index in [2.05, 4.69) is 10.2 Å². The van der Waals surface area contributed by atoms with Crippen molar-refractivity contribution in [2.75, 3.05) is 0 Å². The van der Waals surface area contributed by atoms with E-state index < -0.39 is 0 Å². The van der Waals surface area contributed by atoms with Crippen LogP contribution in [0.5, 0.6) is 0 Å². The van der Waals surface area contributed by atoms with E-state index in [1.54, 1.807) is 19.1 Å². The van der Waals surface area contributed by atoms with E-state index in [0.29, 0.717) is 18.2 Å².